The summed E-state index contributed by atoms with van der Waals surface area (Å²) in [4.78, 5) is 0. The van der Waals surface area contributed by atoms with E-state index in [1.54, 1.807) is 6.26 Å². The molecule has 0 aliphatic carbocycles. The molecule has 1 unspecified atom stereocenters. The first-order valence-corrected chi connectivity index (χ1v) is 6.71. The van der Waals surface area contributed by atoms with Crippen molar-refractivity contribution >= 4 is 10.8 Å². The third-order valence-electron chi connectivity index (χ3n) is 3.57. The molecule has 20 heavy (non-hydrogen) atoms. The highest BCUT2D eigenvalue weighted by Crippen LogP contribution is 2.26. The van der Waals surface area contributed by atoms with Gasteiger partial charge in [-0.15, -0.1) is 6.42 Å². The molecule has 0 amide bonds. The van der Waals surface area contributed by atoms with Crippen molar-refractivity contribution in [2.75, 3.05) is 13.2 Å². The van der Waals surface area contributed by atoms with Gasteiger partial charge < -0.3 is 9.47 Å². The maximum atomic E-state index is 5.84. The molecule has 2 aromatic rings. The van der Waals surface area contributed by atoms with Gasteiger partial charge in [0.1, 0.15) is 6.61 Å². The van der Waals surface area contributed by atoms with Gasteiger partial charge in [-0.1, -0.05) is 48.4 Å². The monoisotopic (exact) mass is 264 g/mol. The van der Waals surface area contributed by atoms with Crippen LogP contribution < -0.4 is 0 Å². The fourth-order valence-corrected chi connectivity index (χ4v) is 2.53. The quantitative estimate of drug-likeness (QED) is 0.775. The van der Waals surface area contributed by atoms with Gasteiger partial charge in [-0.25, -0.2) is 0 Å². The third-order valence-corrected chi connectivity index (χ3v) is 3.57. The molecule has 1 heterocycles. The van der Waals surface area contributed by atoms with Crippen LogP contribution in [0.15, 0.2) is 54.8 Å². The van der Waals surface area contributed by atoms with E-state index in [9.17, 15) is 0 Å². The standard InChI is InChI=1S/C18H16O2/c1-2-18(10-11-19-12-13-20-18)14-16-8-5-7-15-6-3-4-9-17(15)16/h1,3-11H,12-14H2. The van der Waals surface area contributed by atoms with Crippen LogP contribution in [-0.2, 0) is 15.9 Å². The van der Waals surface area contributed by atoms with E-state index < -0.39 is 5.60 Å². The van der Waals surface area contributed by atoms with Gasteiger partial charge in [-0.2, -0.15) is 0 Å². The van der Waals surface area contributed by atoms with Gasteiger partial charge in [0.15, 0.2) is 5.60 Å². The van der Waals surface area contributed by atoms with Crippen LogP contribution in [-0.4, -0.2) is 18.8 Å². The van der Waals surface area contributed by atoms with Crippen molar-refractivity contribution in [2.24, 2.45) is 0 Å². The Balaban J connectivity index is 2.01. The molecule has 1 atom stereocenters. The molecule has 0 spiro atoms. The fourth-order valence-electron chi connectivity index (χ4n) is 2.53. The zero-order valence-electron chi connectivity index (χ0n) is 11.2. The first-order chi connectivity index (χ1) is 9.83. The Morgan fingerprint density at radius 2 is 1.95 bits per heavy atom. The summed E-state index contributed by atoms with van der Waals surface area (Å²) in [6.45, 7) is 1.04. The number of benzene rings is 2. The summed E-state index contributed by atoms with van der Waals surface area (Å²) in [7, 11) is 0. The second-order valence-corrected chi connectivity index (χ2v) is 4.87. The van der Waals surface area contributed by atoms with Crippen molar-refractivity contribution in [3.8, 4) is 12.3 Å². The topological polar surface area (TPSA) is 18.5 Å². The minimum Gasteiger partial charge on any atom is -0.499 e. The van der Waals surface area contributed by atoms with E-state index in [-0.39, 0.29) is 0 Å². The van der Waals surface area contributed by atoms with Crippen molar-refractivity contribution in [1.29, 1.82) is 0 Å². The van der Waals surface area contributed by atoms with Crippen LogP contribution in [0, 0.1) is 12.3 Å². The van der Waals surface area contributed by atoms with Crippen LogP contribution in [0.1, 0.15) is 5.56 Å². The minimum atomic E-state index is -0.722. The summed E-state index contributed by atoms with van der Waals surface area (Å²) >= 11 is 0. The van der Waals surface area contributed by atoms with Crippen molar-refractivity contribution in [1.82, 2.24) is 0 Å². The Bertz CT molecular complexity index is 676. The molecular weight excluding hydrogens is 248 g/mol. The highest BCUT2D eigenvalue weighted by Gasteiger charge is 2.28. The van der Waals surface area contributed by atoms with Gasteiger partial charge in [-0.05, 0) is 22.4 Å². The van der Waals surface area contributed by atoms with Gasteiger partial charge in [-0.3, -0.25) is 0 Å². The van der Waals surface area contributed by atoms with E-state index in [4.69, 9.17) is 15.9 Å². The van der Waals surface area contributed by atoms with Crippen LogP contribution in [0.3, 0.4) is 0 Å². The maximum absolute atomic E-state index is 5.84. The molecule has 2 aromatic carbocycles. The Morgan fingerprint density at radius 1 is 1.10 bits per heavy atom. The predicted molar refractivity (Wildman–Crippen MR) is 80.3 cm³/mol. The second-order valence-electron chi connectivity index (χ2n) is 4.87. The van der Waals surface area contributed by atoms with Crippen LogP contribution in [0.5, 0.6) is 0 Å². The smallest absolute Gasteiger partial charge is 0.154 e. The first-order valence-electron chi connectivity index (χ1n) is 6.71. The molecule has 3 rings (SSSR count). The molecular formula is C18H16O2. The van der Waals surface area contributed by atoms with Crippen LogP contribution in [0.2, 0.25) is 0 Å². The normalized spacial score (nSPS) is 21.9. The number of hydrogen-bond donors (Lipinski definition) is 0. The molecule has 0 bridgehead atoms. The fraction of sp³-hybridized carbons (Fsp3) is 0.222. The lowest BCUT2D eigenvalue weighted by atomic mass is 9.91. The minimum absolute atomic E-state index is 0.502. The Kier molecular flexibility index (Phi) is 3.45. The Morgan fingerprint density at radius 3 is 2.85 bits per heavy atom. The number of rotatable bonds is 2. The second kappa shape index (κ2) is 5.40. The van der Waals surface area contributed by atoms with Gasteiger partial charge in [0.2, 0.25) is 0 Å². The zero-order chi connectivity index (χ0) is 13.8. The van der Waals surface area contributed by atoms with Gasteiger partial charge >= 0.3 is 0 Å². The molecule has 0 saturated carbocycles. The van der Waals surface area contributed by atoms with Gasteiger partial charge in [0.25, 0.3) is 0 Å². The first kappa shape index (κ1) is 12.8. The van der Waals surface area contributed by atoms with Crippen LogP contribution >= 0.6 is 0 Å². The average molecular weight is 264 g/mol. The number of terminal acetylenes is 1. The van der Waals surface area contributed by atoms with E-state index in [0.29, 0.717) is 19.6 Å². The van der Waals surface area contributed by atoms with Gasteiger partial charge in [0.05, 0.1) is 12.9 Å². The van der Waals surface area contributed by atoms with Crippen molar-refractivity contribution < 1.29 is 9.47 Å². The number of ether oxygens (including phenoxy) is 2. The van der Waals surface area contributed by atoms with E-state index in [2.05, 4.69) is 36.3 Å². The third kappa shape index (κ3) is 2.41. The maximum Gasteiger partial charge on any atom is 0.154 e. The molecule has 2 nitrogen and oxygen atoms in total. The van der Waals surface area contributed by atoms with E-state index >= 15 is 0 Å². The average Bonchev–Trinajstić information content (AvgIpc) is 2.74. The SMILES string of the molecule is C#CC1(Cc2cccc3ccccc23)C=COCCO1. The Labute approximate surface area is 119 Å². The molecule has 0 saturated heterocycles. The van der Waals surface area contributed by atoms with Crippen LogP contribution in [0.25, 0.3) is 10.8 Å². The van der Waals surface area contributed by atoms with E-state index in [1.165, 1.54) is 16.3 Å². The zero-order valence-corrected chi connectivity index (χ0v) is 11.2. The lowest BCUT2D eigenvalue weighted by molar-refractivity contribution is 0.0245. The summed E-state index contributed by atoms with van der Waals surface area (Å²) < 4.78 is 11.1. The summed E-state index contributed by atoms with van der Waals surface area (Å²) in [6, 6.07) is 14.6. The predicted octanol–water partition coefficient (Wildman–Crippen LogP) is 3.31. The summed E-state index contributed by atoms with van der Waals surface area (Å²) in [6.07, 6.45) is 9.85. The van der Waals surface area contributed by atoms with Crippen molar-refractivity contribution in [3.63, 3.8) is 0 Å². The molecule has 2 heteroatoms. The van der Waals surface area contributed by atoms with Gasteiger partial charge in [0, 0.05) is 6.42 Å². The largest absolute Gasteiger partial charge is 0.499 e. The Hall–Kier alpha value is -2.24. The van der Waals surface area contributed by atoms with E-state index in [0.717, 1.165) is 0 Å². The van der Waals surface area contributed by atoms with Crippen LogP contribution in [0.4, 0.5) is 0 Å². The van der Waals surface area contributed by atoms with Crippen molar-refractivity contribution in [2.45, 2.75) is 12.0 Å². The van der Waals surface area contributed by atoms with E-state index in [1.807, 2.05) is 18.2 Å². The number of hydrogen-bond acceptors (Lipinski definition) is 2. The lowest BCUT2D eigenvalue weighted by Gasteiger charge is -2.24. The summed E-state index contributed by atoms with van der Waals surface area (Å²) in [5, 5.41) is 2.43. The summed E-state index contributed by atoms with van der Waals surface area (Å²) in [5.41, 5.74) is 0.466. The summed E-state index contributed by atoms with van der Waals surface area (Å²) in [5.74, 6) is 2.78. The highest BCUT2D eigenvalue weighted by atomic mass is 16.5. The molecule has 0 N–H and O–H groups in total. The molecule has 0 aromatic heterocycles. The van der Waals surface area contributed by atoms with Crippen molar-refractivity contribution in [3.05, 3.63) is 60.4 Å². The highest BCUT2D eigenvalue weighted by molar-refractivity contribution is 5.85. The molecule has 0 fully saturated rings. The molecule has 1 aliphatic rings. The number of fused-ring (bicyclic) bond motifs is 1. The molecule has 1 aliphatic heterocycles. The molecule has 0 radical (unpaired) electrons. The molecule has 100 valence electrons. The lowest BCUT2D eigenvalue weighted by Crippen LogP contribution is -2.31.